The highest BCUT2D eigenvalue weighted by Gasteiger charge is 2.48. The van der Waals surface area contributed by atoms with Crippen molar-refractivity contribution in [1.29, 1.82) is 0 Å². The topological polar surface area (TPSA) is 94.9 Å². The maximum absolute atomic E-state index is 14.0. The number of amides is 2. The molecule has 1 aliphatic carbocycles. The normalized spacial score (nSPS) is 23.4. The van der Waals surface area contributed by atoms with Crippen molar-refractivity contribution in [2.24, 2.45) is 11.8 Å². The number of rotatable bonds is 5. The lowest BCUT2D eigenvalue weighted by Crippen LogP contribution is -2.68. The van der Waals surface area contributed by atoms with Crippen molar-refractivity contribution in [3.63, 3.8) is 0 Å². The Morgan fingerprint density at radius 3 is 2.65 bits per heavy atom. The zero-order chi connectivity index (χ0) is 26.4. The van der Waals surface area contributed by atoms with Crippen LogP contribution in [-0.2, 0) is 13.1 Å². The van der Waals surface area contributed by atoms with Crippen molar-refractivity contribution >= 4 is 11.8 Å². The largest absolute Gasteiger partial charge is 0.503 e. The average molecular weight is 515 g/mol. The van der Waals surface area contributed by atoms with Crippen molar-refractivity contribution in [3.8, 4) is 5.75 Å². The minimum atomic E-state index is -0.952. The van der Waals surface area contributed by atoms with Crippen LogP contribution in [0.15, 0.2) is 29.2 Å². The van der Waals surface area contributed by atoms with E-state index in [-0.39, 0.29) is 35.6 Å². The van der Waals surface area contributed by atoms with Crippen LogP contribution in [0.1, 0.15) is 65.9 Å². The van der Waals surface area contributed by atoms with Crippen LogP contribution in [0.2, 0.25) is 0 Å². The maximum Gasteiger partial charge on any atom is 0.276 e. The summed E-state index contributed by atoms with van der Waals surface area (Å²) in [6.07, 6.45) is 5.17. The summed E-state index contributed by atoms with van der Waals surface area (Å²) in [5.41, 5.74) is -1.34. The van der Waals surface area contributed by atoms with Gasteiger partial charge in [-0.3, -0.25) is 19.3 Å². The van der Waals surface area contributed by atoms with E-state index in [1.54, 1.807) is 0 Å². The summed E-state index contributed by atoms with van der Waals surface area (Å²) in [5, 5.41) is 13.3. The molecule has 0 bridgehead atoms. The Balaban J connectivity index is 1.46. The van der Waals surface area contributed by atoms with Gasteiger partial charge in [-0.25, -0.2) is 8.78 Å². The molecule has 1 saturated carbocycles. The lowest BCUT2D eigenvalue weighted by Gasteiger charge is -2.55. The second kappa shape index (κ2) is 9.89. The average Bonchev–Trinajstić information content (AvgIpc) is 2.85. The van der Waals surface area contributed by atoms with E-state index in [1.165, 1.54) is 16.8 Å². The summed E-state index contributed by atoms with van der Waals surface area (Å²) in [7, 11) is 0. The fourth-order valence-corrected chi connectivity index (χ4v) is 6.16. The van der Waals surface area contributed by atoms with Gasteiger partial charge in [0.15, 0.2) is 11.4 Å². The number of fused-ring (bicyclic) bond motifs is 4. The molecule has 0 radical (unpaired) electrons. The number of carbonyl (C=O) groups is 2. The van der Waals surface area contributed by atoms with Gasteiger partial charge in [0.05, 0.1) is 6.54 Å². The second-order valence-electron chi connectivity index (χ2n) is 10.8. The molecule has 2 N–H and O–H groups in total. The Morgan fingerprint density at radius 2 is 1.92 bits per heavy atom. The predicted molar refractivity (Wildman–Crippen MR) is 132 cm³/mol. The van der Waals surface area contributed by atoms with Crippen LogP contribution in [0.4, 0.5) is 8.78 Å². The fraction of sp³-hybridized carbons (Fsp3) is 0.519. The summed E-state index contributed by atoms with van der Waals surface area (Å²) in [5.74, 6) is -2.78. The van der Waals surface area contributed by atoms with Gasteiger partial charge in [-0.2, -0.15) is 0 Å². The van der Waals surface area contributed by atoms with Gasteiger partial charge in [-0.05, 0) is 30.7 Å². The predicted octanol–water partition coefficient (Wildman–Crippen LogP) is 3.07. The molecule has 2 amide bonds. The first-order valence-corrected chi connectivity index (χ1v) is 12.9. The third-order valence-electron chi connectivity index (χ3n) is 7.79. The number of hydrogen-bond donors (Lipinski definition) is 2. The van der Waals surface area contributed by atoms with Gasteiger partial charge in [0.1, 0.15) is 23.4 Å². The minimum Gasteiger partial charge on any atom is -0.503 e. The highest BCUT2D eigenvalue weighted by atomic mass is 19.1. The molecule has 1 aromatic heterocycles. The van der Waals surface area contributed by atoms with Crippen LogP contribution in [0.5, 0.6) is 5.75 Å². The van der Waals surface area contributed by atoms with E-state index in [0.29, 0.717) is 24.4 Å². The number of carbonyl (C=O) groups excluding carboxylic acids is 2. The molecule has 0 unspecified atom stereocenters. The van der Waals surface area contributed by atoms with Crippen molar-refractivity contribution < 1.29 is 23.5 Å². The number of hydrogen-bond acceptors (Lipinski definition) is 5. The molecule has 2 aliphatic heterocycles. The Bertz CT molecular complexity index is 1290. The second-order valence-corrected chi connectivity index (χ2v) is 10.8. The van der Waals surface area contributed by atoms with Crippen LogP contribution in [0.3, 0.4) is 0 Å². The summed E-state index contributed by atoms with van der Waals surface area (Å²) in [4.78, 5) is 43.8. The number of aromatic nitrogens is 1. The lowest BCUT2D eigenvalue weighted by molar-refractivity contribution is -0.0771. The summed E-state index contributed by atoms with van der Waals surface area (Å²) >= 11 is 0. The van der Waals surface area contributed by atoms with Crippen LogP contribution >= 0.6 is 0 Å². The van der Waals surface area contributed by atoms with Gasteiger partial charge in [0.2, 0.25) is 5.43 Å². The molecule has 2 fully saturated rings. The lowest BCUT2D eigenvalue weighted by atomic mass is 9.80. The monoisotopic (exact) mass is 514 g/mol. The van der Waals surface area contributed by atoms with Gasteiger partial charge in [-0.1, -0.05) is 32.8 Å². The van der Waals surface area contributed by atoms with Gasteiger partial charge >= 0.3 is 0 Å². The van der Waals surface area contributed by atoms with E-state index in [2.05, 4.69) is 24.1 Å². The van der Waals surface area contributed by atoms with Crippen LogP contribution in [0.25, 0.3) is 0 Å². The first-order valence-electron chi connectivity index (χ1n) is 12.9. The molecule has 1 aromatic carbocycles. The van der Waals surface area contributed by atoms with E-state index in [9.17, 15) is 28.3 Å². The number of halogens is 2. The molecule has 3 aliphatic rings. The molecule has 1 saturated heterocycles. The highest BCUT2D eigenvalue weighted by Crippen LogP contribution is 2.39. The van der Waals surface area contributed by atoms with Crippen LogP contribution in [-0.4, -0.2) is 56.6 Å². The fourth-order valence-electron chi connectivity index (χ4n) is 6.16. The number of benzene rings is 1. The molecule has 2 aromatic rings. The molecular weight excluding hydrogens is 482 g/mol. The molecule has 3 atom stereocenters. The van der Waals surface area contributed by atoms with Crippen molar-refractivity contribution in [3.05, 3.63) is 63.1 Å². The Labute approximate surface area is 213 Å². The number of pyridine rings is 1. The molecule has 3 heterocycles. The summed E-state index contributed by atoms with van der Waals surface area (Å²) in [6.45, 7) is 5.99. The van der Waals surface area contributed by atoms with Gasteiger partial charge < -0.3 is 19.9 Å². The van der Waals surface area contributed by atoms with Gasteiger partial charge in [0, 0.05) is 43.5 Å². The Kier molecular flexibility index (Phi) is 6.78. The van der Waals surface area contributed by atoms with Crippen LogP contribution < -0.4 is 10.7 Å². The van der Waals surface area contributed by atoms with Crippen LogP contribution in [0, 0.1) is 23.5 Å². The summed E-state index contributed by atoms with van der Waals surface area (Å²) in [6, 6.07) is 3.06. The van der Waals surface area contributed by atoms with Gasteiger partial charge in [0.25, 0.3) is 11.8 Å². The first-order chi connectivity index (χ1) is 17.7. The van der Waals surface area contributed by atoms with E-state index in [0.717, 1.165) is 44.8 Å². The van der Waals surface area contributed by atoms with E-state index in [1.807, 2.05) is 4.90 Å². The Morgan fingerprint density at radius 1 is 1.16 bits per heavy atom. The number of aromatic hydroxyl groups is 1. The highest BCUT2D eigenvalue weighted by molar-refractivity contribution is 5.99. The maximum atomic E-state index is 14.0. The van der Waals surface area contributed by atoms with Crippen molar-refractivity contribution in [2.75, 3.05) is 13.1 Å². The SMILES string of the molecule is CC(C)CN1C[C@@H]2CCCC[C@@H]2N2C(=O)c3c(O)c(=O)c(C(=O)NCc4ccc(F)cc4F)cn3C[C@@H]12. The summed E-state index contributed by atoms with van der Waals surface area (Å²) < 4.78 is 28.7. The first kappa shape index (κ1) is 25.4. The quantitative estimate of drug-likeness (QED) is 0.640. The zero-order valence-electron chi connectivity index (χ0n) is 21.0. The minimum absolute atomic E-state index is 0.0522. The van der Waals surface area contributed by atoms with E-state index in [4.69, 9.17) is 0 Å². The number of nitrogens with one attached hydrogen (secondary N) is 1. The number of nitrogens with zero attached hydrogens (tertiary/aromatic N) is 3. The third-order valence-corrected chi connectivity index (χ3v) is 7.79. The molecule has 8 nitrogen and oxygen atoms in total. The molecule has 0 spiro atoms. The standard InChI is InChI=1S/C27H32F2N4O4/c1-15(2)11-31-12-17-5-3-4-6-21(17)33-22(31)14-32-13-19(24(34)25(35)23(32)27(33)37)26(36)30-10-16-7-8-18(28)9-20(16)29/h7-9,13,15,17,21-22,35H,3-6,10-12,14H2,1-2H3,(H,30,36)/t17-,21-,22-/m0/s1. The molecule has 5 rings (SSSR count). The molecule has 37 heavy (non-hydrogen) atoms. The van der Waals surface area contributed by atoms with E-state index >= 15 is 0 Å². The van der Waals surface area contributed by atoms with Crippen molar-refractivity contribution in [2.45, 2.75) is 64.8 Å². The third kappa shape index (κ3) is 4.63. The Hall–Kier alpha value is -3.27. The molecule has 10 heteroatoms. The zero-order valence-corrected chi connectivity index (χ0v) is 21.0. The smallest absolute Gasteiger partial charge is 0.276 e. The molecule has 198 valence electrons. The van der Waals surface area contributed by atoms with E-state index < -0.39 is 34.6 Å². The van der Waals surface area contributed by atoms with Crippen molar-refractivity contribution in [1.82, 2.24) is 19.7 Å². The molecular formula is C27H32F2N4O4. The van der Waals surface area contributed by atoms with Gasteiger partial charge in [-0.15, -0.1) is 0 Å².